The normalized spacial score (nSPS) is 14.9. The van der Waals surface area contributed by atoms with E-state index in [9.17, 15) is 4.79 Å². The number of hydrogen-bond acceptors (Lipinski definition) is 4. The summed E-state index contributed by atoms with van der Waals surface area (Å²) in [5, 5.41) is 7.50. The largest absolute Gasteiger partial charge is 0.356 e. The highest BCUT2D eigenvalue weighted by Gasteiger charge is 2.27. The number of hydrogen-bond donors (Lipinski definition) is 1. The van der Waals surface area contributed by atoms with Crippen LogP contribution >= 0.6 is 24.0 Å². The van der Waals surface area contributed by atoms with Gasteiger partial charge in [0.25, 0.3) is 0 Å². The monoisotopic (exact) mass is 483 g/mol. The lowest BCUT2D eigenvalue weighted by Gasteiger charge is -2.35. The number of piperazine rings is 1. The molecule has 1 saturated heterocycles. The predicted molar refractivity (Wildman–Crippen MR) is 117 cm³/mol. The van der Waals surface area contributed by atoms with Crippen molar-refractivity contribution in [2.75, 3.05) is 38.1 Å². The van der Waals surface area contributed by atoms with Gasteiger partial charge in [-0.25, -0.2) is 0 Å². The molecule has 3 heterocycles. The zero-order valence-corrected chi connectivity index (χ0v) is 18.3. The molecule has 27 heavy (non-hydrogen) atoms. The molecule has 0 aromatic carbocycles. The van der Waals surface area contributed by atoms with Crippen molar-refractivity contribution >= 4 is 41.5 Å². The maximum absolute atomic E-state index is 12.5. The molecule has 2 aromatic rings. The van der Waals surface area contributed by atoms with Crippen molar-refractivity contribution in [3.63, 3.8) is 0 Å². The van der Waals surface area contributed by atoms with Gasteiger partial charge in [-0.15, -0.1) is 24.0 Å². The van der Waals surface area contributed by atoms with E-state index in [4.69, 9.17) is 0 Å². The summed E-state index contributed by atoms with van der Waals surface area (Å²) in [6.07, 6.45) is 8.15. The summed E-state index contributed by atoms with van der Waals surface area (Å²) in [5.41, 5.74) is 3.29. The maximum Gasteiger partial charge on any atom is 0.246 e. The van der Waals surface area contributed by atoms with E-state index in [-0.39, 0.29) is 29.9 Å². The smallest absolute Gasteiger partial charge is 0.246 e. The van der Waals surface area contributed by atoms with Crippen molar-refractivity contribution in [2.45, 2.75) is 13.3 Å². The highest BCUT2D eigenvalue weighted by Crippen LogP contribution is 2.16. The number of aliphatic imine (C=N–C) groups is 1. The number of guanidine groups is 1. The van der Waals surface area contributed by atoms with Gasteiger partial charge in [-0.3, -0.25) is 19.5 Å². The minimum absolute atomic E-state index is 0. The molecule has 8 nitrogen and oxygen atoms in total. The molecular weight excluding hydrogens is 457 g/mol. The van der Waals surface area contributed by atoms with Gasteiger partial charge in [0, 0.05) is 52.3 Å². The Hall–Kier alpha value is -2.17. The third kappa shape index (κ3) is 5.18. The van der Waals surface area contributed by atoms with Gasteiger partial charge in [0.2, 0.25) is 5.91 Å². The van der Waals surface area contributed by atoms with Crippen LogP contribution in [0.3, 0.4) is 0 Å². The first kappa shape index (κ1) is 21.1. The molecule has 1 aliphatic rings. The second kappa shape index (κ2) is 9.67. The second-order valence-corrected chi connectivity index (χ2v) is 6.37. The number of rotatable bonds is 4. The van der Waals surface area contributed by atoms with Crippen LogP contribution in [-0.2, 0) is 18.3 Å². The zero-order chi connectivity index (χ0) is 18.5. The van der Waals surface area contributed by atoms with E-state index in [0.29, 0.717) is 13.1 Å². The van der Waals surface area contributed by atoms with Crippen molar-refractivity contribution in [1.82, 2.24) is 25.0 Å². The Balaban J connectivity index is 0.00000261. The van der Waals surface area contributed by atoms with Gasteiger partial charge in [0.05, 0.1) is 11.9 Å². The summed E-state index contributed by atoms with van der Waals surface area (Å²) in [6, 6.07) is 2.04. The number of aromatic nitrogens is 3. The Morgan fingerprint density at radius 1 is 1.33 bits per heavy atom. The topological polar surface area (TPSA) is 78.7 Å². The van der Waals surface area contributed by atoms with Gasteiger partial charge < -0.3 is 15.1 Å². The van der Waals surface area contributed by atoms with Crippen LogP contribution in [0.4, 0.5) is 5.69 Å². The Bertz CT molecular complexity index is 805. The summed E-state index contributed by atoms with van der Waals surface area (Å²) in [4.78, 5) is 24.8. The van der Waals surface area contributed by atoms with Crippen molar-refractivity contribution in [3.8, 4) is 0 Å². The van der Waals surface area contributed by atoms with Gasteiger partial charge in [0.1, 0.15) is 6.54 Å². The minimum atomic E-state index is 0. The van der Waals surface area contributed by atoms with Gasteiger partial charge in [0.15, 0.2) is 5.96 Å². The first-order valence-electron chi connectivity index (χ1n) is 8.72. The molecule has 0 spiro atoms. The molecule has 0 unspecified atom stereocenters. The van der Waals surface area contributed by atoms with Crippen LogP contribution in [-0.4, -0.2) is 64.8 Å². The molecule has 1 aliphatic heterocycles. The zero-order valence-electron chi connectivity index (χ0n) is 15.9. The highest BCUT2D eigenvalue weighted by atomic mass is 127. The lowest BCUT2D eigenvalue weighted by molar-refractivity contribution is -0.120. The molecule has 1 amide bonds. The molecule has 1 fully saturated rings. The van der Waals surface area contributed by atoms with E-state index < -0.39 is 0 Å². The lowest BCUT2D eigenvalue weighted by atomic mass is 10.1. The van der Waals surface area contributed by atoms with Gasteiger partial charge >= 0.3 is 0 Å². The van der Waals surface area contributed by atoms with E-state index in [1.54, 1.807) is 22.8 Å². The van der Waals surface area contributed by atoms with Crippen LogP contribution in [0.2, 0.25) is 0 Å². The van der Waals surface area contributed by atoms with E-state index in [0.717, 1.165) is 31.2 Å². The molecule has 0 atom stereocenters. The first-order valence-corrected chi connectivity index (χ1v) is 8.72. The SMILES string of the molecule is CN=C(NCCc1ccncc1C)N1CCN(c2cnn(C)c2)C(=O)C1.I. The Morgan fingerprint density at radius 3 is 2.78 bits per heavy atom. The summed E-state index contributed by atoms with van der Waals surface area (Å²) >= 11 is 0. The van der Waals surface area contributed by atoms with Crippen LogP contribution in [0.15, 0.2) is 35.8 Å². The van der Waals surface area contributed by atoms with Crippen LogP contribution in [0.1, 0.15) is 11.1 Å². The summed E-state index contributed by atoms with van der Waals surface area (Å²) in [6.45, 7) is 4.48. The molecule has 9 heteroatoms. The number of carbonyl (C=O) groups excluding carboxylic acids is 1. The van der Waals surface area contributed by atoms with Crippen molar-refractivity contribution in [3.05, 3.63) is 42.0 Å². The quantitative estimate of drug-likeness (QED) is 0.402. The molecule has 1 N–H and O–H groups in total. The van der Waals surface area contributed by atoms with Crippen LogP contribution in [0.25, 0.3) is 0 Å². The number of amides is 1. The van der Waals surface area contributed by atoms with E-state index in [1.165, 1.54) is 11.1 Å². The third-order valence-electron chi connectivity index (χ3n) is 4.55. The van der Waals surface area contributed by atoms with Crippen molar-refractivity contribution < 1.29 is 4.79 Å². The van der Waals surface area contributed by atoms with Crippen LogP contribution < -0.4 is 10.2 Å². The third-order valence-corrected chi connectivity index (χ3v) is 4.55. The van der Waals surface area contributed by atoms with Crippen LogP contribution in [0, 0.1) is 6.92 Å². The highest BCUT2D eigenvalue weighted by molar-refractivity contribution is 14.0. The number of carbonyl (C=O) groups is 1. The molecule has 0 radical (unpaired) electrons. The van der Waals surface area contributed by atoms with Gasteiger partial charge in [-0.2, -0.15) is 5.10 Å². The van der Waals surface area contributed by atoms with E-state index in [2.05, 4.69) is 27.3 Å². The number of anilines is 1. The molecule has 3 rings (SSSR count). The van der Waals surface area contributed by atoms with E-state index in [1.807, 2.05) is 36.6 Å². The predicted octanol–water partition coefficient (Wildman–Crippen LogP) is 1.21. The van der Waals surface area contributed by atoms with Crippen molar-refractivity contribution in [2.24, 2.45) is 12.0 Å². The van der Waals surface area contributed by atoms with Crippen molar-refractivity contribution in [1.29, 1.82) is 0 Å². The number of aryl methyl sites for hydroxylation is 2. The fourth-order valence-corrected chi connectivity index (χ4v) is 3.10. The number of nitrogens with zero attached hydrogens (tertiary/aromatic N) is 6. The summed E-state index contributed by atoms with van der Waals surface area (Å²) in [7, 11) is 3.60. The number of nitrogens with one attached hydrogen (secondary N) is 1. The molecule has 0 bridgehead atoms. The Kier molecular flexibility index (Phi) is 7.57. The first-order chi connectivity index (χ1) is 12.6. The van der Waals surface area contributed by atoms with Gasteiger partial charge in [-0.05, 0) is 30.5 Å². The molecule has 2 aromatic heterocycles. The Labute approximate surface area is 176 Å². The average Bonchev–Trinajstić information content (AvgIpc) is 3.06. The summed E-state index contributed by atoms with van der Waals surface area (Å²) < 4.78 is 1.70. The minimum Gasteiger partial charge on any atom is -0.356 e. The average molecular weight is 483 g/mol. The lowest BCUT2D eigenvalue weighted by Crippen LogP contribution is -2.55. The molecular formula is C18H26IN7O. The Morgan fingerprint density at radius 2 is 2.15 bits per heavy atom. The van der Waals surface area contributed by atoms with Gasteiger partial charge in [-0.1, -0.05) is 0 Å². The second-order valence-electron chi connectivity index (χ2n) is 6.37. The van der Waals surface area contributed by atoms with E-state index >= 15 is 0 Å². The standard InChI is InChI=1S/C18H25N7O.HI/c1-14-10-20-6-4-15(14)5-7-21-18(19-2)24-8-9-25(17(26)13-24)16-11-22-23(3)12-16;/h4,6,10-12H,5,7-9,13H2,1-3H3,(H,19,21);1H. The number of pyridine rings is 1. The van der Waals surface area contributed by atoms with Crippen LogP contribution in [0.5, 0.6) is 0 Å². The number of halogens is 1. The fourth-order valence-electron chi connectivity index (χ4n) is 3.10. The summed E-state index contributed by atoms with van der Waals surface area (Å²) in [5.74, 6) is 0.813. The molecule has 0 aliphatic carbocycles. The fraction of sp³-hybridized carbons (Fsp3) is 0.444. The maximum atomic E-state index is 12.5. The molecule has 0 saturated carbocycles. The molecule has 146 valence electrons.